The average molecular weight is 279 g/mol. The van der Waals surface area contributed by atoms with Gasteiger partial charge in [0.1, 0.15) is 0 Å². The van der Waals surface area contributed by atoms with Crippen LogP contribution in [-0.4, -0.2) is 15.9 Å². The van der Waals surface area contributed by atoms with Gasteiger partial charge in [-0.2, -0.15) is 22.5 Å². The molecule has 0 bridgehead atoms. The standard InChI is InChI=1S/C11H16F3N3S/c12-11(13,14)9-16-10(18-17-9)15-7-3-6-8-4-1-2-5-8/h8H,1-7H2,(H,15,16,17). The zero-order chi connectivity index (χ0) is 13.0. The molecule has 0 radical (unpaired) electrons. The van der Waals surface area contributed by atoms with Gasteiger partial charge >= 0.3 is 6.18 Å². The van der Waals surface area contributed by atoms with Gasteiger partial charge in [-0.15, -0.1) is 0 Å². The quantitative estimate of drug-likeness (QED) is 0.830. The normalized spacial score (nSPS) is 17.3. The number of halogens is 3. The van der Waals surface area contributed by atoms with Gasteiger partial charge in [0.25, 0.3) is 0 Å². The van der Waals surface area contributed by atoms with E-state index >= 15 is 0 Å². The van der Waals surface area contributed by atoms with Crippen molar-refractivity contribution in [1.29, 1.82) is 0 Å². The van der Waals surface area contributed by atoms with Crippen LogP contribution in [-0.2, 0) is 6.18 Å². The highest BCUT2D eigenvalue weighted by Crippen LogP contribution is 2.30. The third kappa shape index (κ3) is 3.83. The van der Waals surface area contributed by atoms with Crippen LogP contribution in [0.5, 0.6) is 0 Å². The molecular weight excluding hydrogens is 263 g/mol. The van der Waals surface area contributed by atoms with Gasteiger partial charge in [-0.1, -0.05) is 25.7 Å². The maximum absolute atomic E-state index is 12.2. The summed E-state index contributed by atoms with van der Waals surface area (Å²) in [6, 6.07) is 0. The second kappa shape index (κ2) is 5.86. The van der Waals surface area contributed by atoms with E-state index in [4.69, 9.17) is 0 Å². The second-order valence-electron chi connectivity index (χ2n) is 4.64. The van der Waals surface area contributed by atoms with E-state index in [-0.39, 0.29) is 5.13 Å². The van der Waals surface area contributed by atoms with Gasteiger partial charge in [-0.05, 0) is 18.8 Å². The molecule has 1 aliphatic carbocycles. The molecule has 18 heavy (non-hydrogen) atoms. The number of nitrogens with one attached hydrogen (secondary N) is 1. The molecule has 2 rings (SSSR count). The summed E-state index contributed by atoms with van der Waals surface area (Å²) in [6.45, 7) is 0.670. The second-order valence-corrected chi connectivity index (χ2v) is 5.39. The van der Waals surface area contributed by atoms with Crippen molar-refractivity contribution in [2.45, 2.75) is 44.7 Å². The van der Waals surface area contributed by atoms with Crippen LogP contribution in [0.3, 0.4) is 0 Å². The number of hydrogen-bond donors (Lipinski definition) is 1. The molecule has 1 heterocycles. The minimum Gasteiger partial charge on any atom is -0.360 e. The molecule has 1 saturated carbocycles. The number of aromatic nitrogens is 2. The molecule has 1 aliphatic rings. The predicted molar refractivity (Wildman–Crippen MR) is 64.6 cm³/mol. The van der Waals surface area contributed by atoms with Gasteiger partial charge < -0.3 is 5.32 Å². The predicted octanol–water partition coefficient (Wildman–Crippen LogP) is 3.94. The minimum atomic E-state index is -4.44. The first-order valence-corrected chi connectivity index (χ1v) is 6.98. The van der Waals surface area contributed by atoms with E-state index in [1.165, 1.54) is 25.7 Å². The van der Waals surface area contributed by atoms with Crippen molar-refractivity contribution in [3.05, 3.63) is 5.82 Å². The first-order chi connectivity index (χ1) is 8.55. The molecule has 0 unspecified atom stereocenters. The summed E-state index contributed by atoms with van der Waals surface area (Å²) in [5.74, 6) is -0.238. The molecule has 1 aromatic heterocycles. The molecule has 0 aliphatic heterocycles. The lowest BCUT2D eigenvalue weighted by molar-refractivity contribution is -0.144. The number of nitrogens with zero attached hydrogens (tertiary/aromatic N) is 2. The van der Waals surface area contributed by atoms with E-state index in [9.17, 15) is 13.2 Å². The highest BCUT2D eigenvalue weighted by atomic mass is 32.1. The molecule has 1 N–H and O–H groups in total. The molecule has 1 fully saturated rings. The van der Waals surface area contributed by atoms with Crippen molar-refractivity contribution >= 4 is 16.7 Å². The van der Waals surface area contributed by atoms with Crippen molar-refractivity contribution in [2.24, 2.45) is 5.92 Å². The Hall–Kier alpha value is -0.850. The van der Waals surface area contributed by atoms with Crippen LogP contribution in [0.1, 0.15) is 44.3 Å². The van der Waals surface area contributed by atoms with Crippen LogP contribution in [0.4, 0.5) is 18.3 Å². The third-order valence-corrected chi connectivity index (χ3v) is 3.89. The lowest BCUT2D eigenvalue weighted by Crippen LogP contribution is -2.08. The Morgan fingerprint density at radius 1 is 1.28 bits per heavy atom. The molecule has 0 amide bonds. The fraction of sp³-hybridized carbons (Fsp3) is 0.818. The van der Waals surface area contributed by atoms with Crippen molar-refractivity contribution < 1.29 is 13.2 Å². The van der Waals surface area contributed by atoms with Gasteiger partial charge in [0.15, 0.2) is 0 Å². The SMILES string of the molecule is FC(F)(F)c1nsc(NCCCC2CCCC2)n1. The fourth-order valence-electron chi connectivity index (χ4n) is 2.30. The Bertz CT molecular complexity index is 372. The average Bonchev–Trinajstić information content (AvgIpc) is 2.95. The van der Waals surface area contributed by atoms with Crippen LogP contribution >= 0.6 is 11.5 Å². The summed E-state index contributed by atoms with van der Waals surface area (Å²) in [4.78, 5) is 3.42. The summed E-state index contributed by atoms with van der Waals surface area (Å²) < 4.78 is 40.0. The lowest BCUT2D eigenvalue weighted by Gasteiger charge is -2.08. The molecule has 7 heteroatoms. The largest absolute Gasteiger partial charge is 0.452 e. The van der Waals surface area contributed by atoms with Crippen molar-refractivity contribution in [2.75, 3.05) is 11.9 Å². The maximum atomic E-state index is 12.2. The van der Waals surface area contributed by atoms with Crippen LogP contribution in [0.15, 0.2) is 0 Å². The molecule has 0 atom stereocenters. The smallest absolute Gasteiger partial charge is 0.360 e. The maximum Gasteiger partial charge on any atom is 0.452 e. The molecule has 102 valence electrons. The van der Waals surface area contributed by atoms with E-state index in [1.54, 1.807) is 0 Å². The number of hydrogen-bond acceptors (Lipinski definition) is 4. The van der Waals surface area contributed by atoms with Gasteiger partial charge in [-0.25, -0.2) is 0 Å². The van der Waals surface area contributed by atoms with E-state index in [0.717, 1.165) is 30.3 Å². The van der Waals surface area contributed by atoms with Crippen LogP contribution in [0.2, 0.25) is 0 Å². The van der Waals surface area contributed by atoms with Crippen LogP contribution in [0.25, 0.3) is 0 Å². The van der Waals surface area contributed by atoms with Gasteiger partial charge in [0.2, 0.25) is 11.0 Å². The highest BCUT2D eigenvalue weighted by molar-refractivity contribution is 7.09. The van der Waals surface area contributed by atoms with Crippen molar-refractivity contribution in [3.63, 3.8) is 0 Å². The van der Waals surface area contributed by atoms with Gasteiger partial charge in [0, 0.05) is 18.1 Å². The first kappa shape index (κ1) is 13.6. The molecule has 3 nitrogen and oxygen atoms in total. The summed E-state index contributed by atoms with van der Waals surface area (Å²) in [5.41, 5.74) is 0. The minimum absolute atomic E-state index is 0.258. The summed E-state index contributed by atoms with van der Waals surface area (Å²) in [6.07, 6.45) is 2.94. The Morgan fingerprint density at radius 3 is 2.61 bits per heavy atom. The first-order valence-electron chi connectivity index (χ1n) is 6.20. The van der Waals surface area contributed by atoms with Crippen LogP contribution < -0.4 is 5.32 Å². The molecule has 0 aromatic carbocycles. The van der Waals surface area contributed by atoms with E-state index in [1.807, 2.05) is 0 Å². The zero-order valence-electron chi connectivity index (χ0n) is 9.96. The lowest BCUT2D eigenvalue weighted by atomic mass is 10.0. The van der Waals surface area contributed by atoms with E-state index in [2.05, 4.69) is 14.7 Å². The Balaban J connectivity index is 1.68. The topological polar surface area (TPSA) is 37.8 Å². The molecule has 0 saturated heterocycles. The summed E-state index contributed by atoms with van der Waals surface area (Å²) >= 11 is 0.767. The van der Waals surface area contributed by atoms with Crippen molar-refractivity contribution in [3.8, 4) is 0 Å². The number of rotatable bonds is 5. The Morgan fingerprint density at radius 2 is 2.00 bits per heavy atom. The molecule has 0 spiro atoms. The molecular formula is C11H16F3N3S. The van der Waals surface area contributed by atoms with Gasteiger partial charge in [-0.3, -0.25) is 0 Å². The van der Waals surface area contributed by atoms with E-state index in [0.29, 0.717) is 6.54 Å². The summed E-state index contributed by atoms with van der Waals surface area (Å²) in [5, 5.41) is 3.16. The fourth-order valence-corrected chi connectivity index (χ4v) is 2.91. The Kier molecular flexibility index (Phi) is 4.42. The monoisotopic (exact) mass is 279 g/mol. The zero-order valence-corrected chi connectivity index (χ0v) is 10.8. The van der Waals surface area contributed by atoms with Crippen LogP contribution in [0, 0.1) is 5.92 Å². The number of anilines is 1. The molecule has 1 aromatic rings. The Labute approximate surface area is 108 Å². The third-order valence-electron chi connectivity index (χ3n) is 3.22. The van der Waals surface area contributed by atoms with Gasteiger partial charge in [0.05, 0.1) is 0 Å². The van der Waals surface area contributed by atoms with Crippen molar-refractivity contribution in [1.82, 2.24) is 9.36 Å². The summed E-state index contributed by atoms with van der Waals surface area (Å²) in [7, 11) is 0. The number of alkyl halides is 3. The highest BCUT2D eigenvalue weighted by Gasteiger charge is 2.36. The van der Waals surface area contributed by atoms with E-state index < -0.39 is 12.0 Å².